The van der Waals surface area contributed by atoms with Crippen molar-refractivity contribution in [3.05, 3.63) is 70.2 Å². The first-order valence-corrected chi connectivity index (χ1v) is 6.08. The van der Waals surface area contributed by atoms with E-state index in [1.54, 1.807) is 28.9 Å². The van der Waals surface area contributed by atoms with Gasteiger partial charge >= 0.3 is 11.6 Å². The van der Waals surface area contributed by atoms with Gasteiger partial charge in [-0.15, -0.1) is 0 Å². The van der Waals surface area contributed by atoms with Crippen molar-refractivity contribution in [1.82, 2.24) is 5.10 Å². The lowest BCUT2D eigenvalue weighted by Gasteiger charge is -1.95. The van der Waals surface area contributed by atoms with Crippen molar-refractivity contribution in [1.29, 1.82) is 0 Å². The zero-order valence-corrected chi connectivity index (χ0v) is 10.6. The Hall–Kier alpha value is -2.33. The maximum absolute atomic E-state index is 11.5. The molecule has 0 radical (unpaired) electrons. The summed E-state index contributed by atoms with van der Waals surface area (Å²) in [6.07, 6.45) is 0. The van der Waals surface area contributed by atoms with E-state index in [1.165, 1.54) is 0 Å². The van der Waals surface area contributed by atoms with Gasteiger partial charge in [0.2, 0.25) is 5.69 Å². The van der Waals surface area contributed by atoms with Crippen molar-refractivity contribution in [2.45, 2.75) is 0 Å². The van der Waals surface area contributed by atoms with Gasteiger partial charge in [-0.1, -0.05) is 34.9 Å². The molecule has 3 aromatic rings. The molecular weight excluding hydrogens is 264 g/mol. The van der Waals surface area contributed by atoms with Crippen molar-refractivity contribution in [3.8, 4) is 17.1 Å². The van der Waals surface area contributed by atoms with E-state index in [2.05, 4.69) is 5.10 Å². The van der Waals surface area contributed by atoms with E-state index in [9.17, 15) is 4.79 Å². The predicted octanol–water partition coefficient (Wildman–Crippen LogP) is 2.57. The quantitative estimate of drug-likeness (QED) is 0.730. The molecule has 0 unspecified atom stereocenters. The van der Waals surface area contributed by atoms with Crippen molar-refractivity contribution in [2.24, 2.45) is 0 Å². The van der Waals surface area contributed by atoms with Gasteiger partial charge in [0, 0.05) is 17.2 Å². The third-order valence-electron chi connectivity index (χ3n) is 2.70. The van der Waals surface area contributed by atoms with Crippen LogP contribution in [0.5, 0.6) is 0 Å². The van der Waals surface area contributed by atoms with Crippen LogP contribution in [0, 0.1) is 0 Å². The fourth-order valence-corrected chi connectivity index (χ4v) is 1.96. The first kappa shape index (κ1) is 11.7. The van der Waals surface area contributed by atoms with Crippen LogP contribution in [0.15, 0.2) is 63.8 Å². The van der Waals surface area contributed by atoms with Crippen LogP contribution in [0.1, 0.15) is 0 Å². The normalized spacial score (nSPS) is 10.6. The summed E-state index contributed by atoms with van der Waals surface area (Å²) in [5.41, 5.74) is 1.59. The van der Waals surface area contributed by atoms with Crippen LogP contribution in [0.3, 0.4) is 0 Å². The first-order chi connectivity index (χ1) is 9.24. The largest absolute Gasteiger partial charge is 0.471 e. The number of halogens is 1. The Kier molecular flexibility index (Phi) is 2.93. The standard InChI is InChI=1S/C14H9ClN2O2/c15-11-8-6-10(7-9-11)13-17(16-14(18)19-13)12-4-2-1-3-5-12/h1-9H/p+1. The lowest BCUT2D eigenvalue weighted by Crippen LogP contribution is -2.36. The second kappa shape index (κ2) is 4.74. The number of benzene rings is 2. The van der Waals surface area contributed by atoms with E-state index in [4.69, 9.17) is 16.0 Å². The van der Waals surface area contributed by atoms with Crippen molar-refractivity contribution >= 4 is 11.6 Å². The molecule has 19 heavy (non-hydrogen) atoms. The summed E-state index contributed by atoms with van der Waals surface area (Å²) >= 11 is 5.85. The molecular formula is C14H10ClN2O2+. The molecule has 0 bridgehead atoms. The van der Waals surface area contributed by atoms with Gasteiger partial charge < -0.3 is 4.42 Å². The summed E-state index contributed by atoms with van der Waals surface area (Å²) < 4.78 is 6.81. The molecule has 3 rings (SSSR count). The number of hydrogen-bond acceptors (Lipinski definition) is 2. The summed E-state index contributed by atoms with van der Waals surface area (Å²) in [6.45, 7) is 0. The summed E-state index contributed by atoms with van der Waals surface area (Å²) in [7, 11) is 0. The SMILES string of the molecule is O=c1[nH][n+](-c2ccccc2)c(-c2ccc(Cl)cc2)o1. The van der Waals surface area contributed by atoms with Crippen LogP contribution in [-0.2, 0) is 0 Å². The number of para-hydroxylation sites is 1. The average molecular weight is 274 g/mol. The molecule has 1 N–H and O–H groups in total. The highest BCUT2D eigenvalue weighted by molar-refractivity contribution is 6.30. The minimum absolute atomic E-state index is 0.438. The van der Waals surface area contributed by atoms with E-state index >= 15 is 0 Å². The summed E-state index contributed by atoms with van der Waals surface area (Å²) in [6, 6.07) is 16.5. The Morgan fingerprint density at radius 2 is 1.68 bits per heavy atom. The summed E-state index contributed by atoms with van der Waals surface area (Å²) in [4.78, 5) is 11.5. The predicted molar refractivity (Wildman–Crippen MR) is 71.3 cm³/mol. The van der Waals surface area contributed by atoms with Gasteiger partial charge in [0.15, 0.2) is 0 Å². The van der Waals surface area contributed by atoms with E-state index in [0.29, 0.717) is 10.9 Å². The molecule has 0 atom stereocenters. The zero-order chi connectivity index (χ0) is 13.2. The fourth-order valence-electron chi connectivity index (χ4n) is 1.84. The third kappa shape index (κ3) is 2.30. The van der Waals surface area contributed by atoms with Gasteiger partial charge in [-0.05, 0) is 28.9 Å². The number of nitrogens with one attached hydrogen (secondary N) is 1. The molecule has 1 aromatic heterocycles. The Morgan fingerprint density at radius 3 is 2.37 bits per heavy atom. The summed E-state index contributed by atoms with van der Waals surface area (Å²) in [5.74, 6) is -0.0679. The average Bonchev–Trinajstić information content (AvgIpc) is 2.83. The molecule has 0 spiro atoms. The van der Waals surface area contributed by atoms with E-state index in [0.717, 1.165) is 11.3 Å². The number of H-pyrrole nitrogens is 1. The number of aromatic amines is 1. The maximum atomic E-state index is 11.5. The molecule has 0 saturated heterocycles. The van der Waals surface area contributed by atoms with Gasteiger partial charge in [0.05, 0.1) is 5.56 Å². The zero-order valence-electron chi connectivity index (χ0n) is 9.84. The maximum Gasteiger partial charge on any atom is 0.471 e. The van der Waals surface area contributed by atoms with E-state index in [-0.39, 0.29) is 0 Å². The molecule has 0 aliphatic heterocycles. The number of rotatable bonds is 2. The highest BCUT2D eigenvalue weighted by atomic mass is 35.5. The van der Waals surface area contributed by atoms with Gasteiger partial charge in [0.25, 0.3) is 0 Å². The molecule has 0 fully saturated rings. The highest BCUT2D eigenvalue weighted by Crippen LogP contribution is 2.18. The monoisotopic (exact) mass is 273 g/mol. The van der Waals surface area contributed by atoms with Crippen molar-refractivity contribution in [2.75, 3.05) is 0 Å². The van der Waals surface area contributed by atoms with Crippen molar-refractivity contribution < 1.29 is 9.10 Å². The topological polar surface area (TPSA) is 49.9 Å². The summed E-state index contributed by atoms with van der Waals surface area (Å²) in [5, 5.41) is 3.27. The first-order valence-electron chi connectivity index (χ1n) is 5.70. The van der Waals surface area contributed by atoms with Crippen molar-refractivity contribution in [3.63, 3.8) is 0 Å². The molecule has 0 saturated carbocycles. The van der Waals surface area contributed by atoms with Crippen LogP contribution in [0.2, 0.25) is 5.02 Å². The number of aromatic nitrogens is 2. The molecule has 1 heterocycles. The minimum Gasteiger partial charge on any atom is -0.348 e. The van der Waals surface area contributed by atoms with Gasteiger partial charge in [0.1, 0.15) is 0 Å². The van der Waals surface area contributed by atoms with Crippen LogP contribution in [-0.4, -0.2) is 5.10 Å². The molecule has 0 aliphatic carbocycles. The minimum atomic E-state index is -0.506. The highest BCUT2D eigenvalue weighted by Gasteiger charge is 2.22. The lowest BCUT2D eigenvalue weighted by atomic mass is 10.2. The molecule has 4 nitrogen and oxygen atoms in total. The second-order valence-electron chi connectivity index (χ2n) is 3.98. The molecule has 0 aliphatic rings. The van der Waals surface area contributed by atoms with Crippen LogP contribution in [0.25, 0.3) is 17.1 Å². The fraction of sp³-hybridized carbons (Fsp3) is 0. The molecule has 5 heteroatoms. The Balaban J connectivity index is 2.17. The molecule has 0 amide bonds. The Morgan fingerprint density at radius 1 is 1.00 bits per heavy atom. The second-order valence-corrected chi connectivity index (χ2v) is 4.42. The number of nitrogens with zero attached hydrogens (tertiary/aromatic N) is 1. The Labute approximate surface area is 113 Å². The Bertz CT molecular complexity index is 745. The number of hydrogen-bond donors (Lipinski definition) is 1. The van der Waals surface area contributed by atoms with Gasteiger partial charge in [-0.2, -0.15) is 0 Å². The van der Waals surface area contributed by atoms with Crippen LogP contribution >= 0.6 is 11.6 Å². The van der Waals surface area contributed by atoms with E-state index in [1.807, 2.05) is 30.3 Å². The van der Waals surface area contributed by atoms with Gasteiger partial charge in [-0.3, -0.25) is 0 Å². The molecule has 2 aromatic carbocycles. The lowest BCUT2D eigenvalue weighted by molar-refractivity contribution is -0.649. The van der Waals surface area contributed by atoms with Crippen LogP contribution in [0.4, 0.5) is 0 Å². The smallest absolute Gasteiger partial charge is 0.348 e. The van der Waals surface area contributed by atoms with E-state index < -0.39 is 5.76 Å². The molecule has 94 valence electrons. The van der Waals surface area contributed by atoms with Gasteiger partial charge in [-0.25, -0.2) is 4.79 Å². The third-order valence-corrected chi connectivity index (χ3v) is 2.95. The van der Waals surface area contributed by atoms with Crippen LogP contribution < -0.4 is 10.4 Å².